The van der Waals surface area contributed by atoms with Crippen LogP contribution in [0.2, 0.25) is 0 Å². The van der Waals surface area contributed by atoms with E-state index in [-0.39, 0.29) is 23.3 Å². The zero-order chi connectivity index (χ0) is 12.8. The first kappa shape index (κ1) is 14.6. The molecule has 0 saturated carbocycles. The van der Waals surface area contributed by atoms with E-state index in [4.69, 9.17) is 0 Å². The Bertz CT molecular complexity index is 397. The number of ether oxygens (including phenoxy) is 1. The number of carbonyl (C=O) groups is 1. The summed E-state index contributed by atoms with van der Waals surface area (Å²) in [6, 6.07) is 5.00. The minimum Gasteiger partial charge on any atom is -0.434 e. The van der Waals surface area contributed by atoms with Gasteiger partial charge in [0.25, 0.3) is 0 Å². The van der Waals surface area contributed by atoms with Gasteiger partial charge in [-0.25, -0.2) is 0 Å². The second-order valence-corrected chi connectivity index (χ2v) is 4.39. The van der Waals surface area contributed by atoms with Crippen LogP contribution in [0, 0.1) is 0 Å². The lowest BCUT2D eigenvalue weighted by Crippen LogP contribution is -2.10. The molecule has 0 aliphatic heterocycles. The largest absolute Gasteiger partial charge is 0.434 e. The molecule has 0 aliphatic rings. The Morgan fingerprint density at radius 3 is 2.47 bits per heavy atom. The van der Waals surface area contributed by atoms with Crippen molar-refractivity contribution in [2.45, 2.75) is 18.4 Å². The van der Waals surface area contributed by atoms with Gasteiger partial charge in [-0.1, -0.05) is 50.1 Å². The number of hydrogen-bond donors (Lipinski definition) is 0. The van der Waals surface area contributed by atoms with Gasteiger partial charge in [-0.15, -0.1) is 0 Å². The third-order valence-corrected chi connectivity index (χ3v) is 3.30. The normalized spacial score (nSPS) is 10.6. The van der Waals surface area contributed by atoms with Crippen LogP contribution < -0.4 is 4.74 Å². The standard InChI is InChI=1S/C11H10Br2F2O2/c12-5-8-3-1-2-7(4-9(16)6-13)10(8)17-11(14)15/h1-3,11H,4-6H2. The first-order valence-electron chi connectivity index (χ1n) is 4.77. The van der Waals surface area contributed by atoms with Crippen molar-refractivity contribution >= 4 is 37.6 Å². The van der Waals surface area contributed by atoms with Gasteiger partial charge in [-0.05, 0) is 0 Å². The first-order chi connectivity index (χ1) is 8.08. The smallest absolute Gasteiger partial charge is 0.387 e. The molecule has 1 aromatic rings. The highest BCUT2D eigenvalue weighted by Gasteiger charge is 2.15. The maximum absolute atomic E-state index is 12.3. The van der Waals surface area contributed by atoms with Gasteiger partial charge in [0, 0.05) is 22.9 Å². The lowest BCUT2D eigenvalue weighted by molar-refractivity contribution is -0.116. The van der Waals surface area contributed by atoms with Crippen molar-refractivity contribution < 1.29 is 18.3 Å². The minimum atomic E-state index is -2.90. The third kappa shape index (κ3) is 4.35. The summed E-state index contributed by atoms with van der Waals surface area (Å²) in [6.45, 7) is -2.90. The number of para-hydroxylation sites is 1. The third-order valence-electron chi connectivity index (χ3n) is 2.07. The van der Waals surface area contributed by atoms with Crippen molar-refractivity contribution in [1.29, 1.82) is 0 Å². The fourth-order valence-corrected chi connectivity index (χ4v) is 2.02. The Balaban J connectivity index is 3.05. The topological polar surface area (TPSA) is 26.3 Å². The minimum absolute atomic E-state index is 0.0775. The molecule has 1 rings (SSSR count). The SMILES string of the molecule is O=C(CBr)Cc1cccc(CBr)c1OC(F)F. The van der Waals surface area contributed by atoms with E-state index in [2.05, 4.69) is 36.6 Å². The van der Waals surface area contributed by atoms with E-state index in [9.17, 15) is 13.6 Å². The summed E-state index contributed by atoms with van der Waals surface area (Å²) >= 11 is 6.23. The van der Waals surface area contributed by atoms with E-state index in [1.54, 1.807) is 18.2 Å². The number of halogens is 4. The Morgan fingerprint density at radius 2 is 1.94 bits per heavy atom. The van der Waals surface area contributed by atoms with Crippen molar-refractivity contribution in [3.63, 3.8) is 0 Å². The number of Topliss-reactive ketones (excluding diaryl/α,β-unsaturated/α-hetero) is 1. The first-order valence-corrected chi connectivity index (χ1v) is 7.02. The molecule has 0 heterocycles. The quantitative estimate of drug-likeness (QED) is 0.713. The van der Waals surface area contributed by atoms with E-state index in [0.29, 0.717) is 16.5 Å². The predicted octanol–water partition coefficient (Wildman–Crippen LogP) is 3.69. The predicted molar refractivity (Wildman–Crippen MR) is 68.2 cm³/mol. The molecule has 0 fully saturated rings. The molecular formula is C11H10Br2F2O2. The Labute approximate surface area is 115 Å². The van der Waals surface area contributed by atoms with Crippen LogP contribution in [0.25, 0.3) is 0 Å². The maximum Gasteiger partial charge on any atom is 0.387 e. The lowest BCUT2D eigenvalue weighted by atomic mass is 10.1. The van der Waals surface area contributed by atoms with Gasteiger partial charge in [-0.2, -0.15) is 8.78 Å². The molecule has 0 aromatic heterocycles. The maximum atomic E-state index is 12.3. The molecule has 17 heavy (non-hydrogen) atoms. The van der Waals surface area contributed by atoms with Gasteiger partial charge in [-0.3, -0.25) is 4.79 Å². The summed E-state index contributed by atoms with van der Waals surface area (Å²) in [4.78, 5) is 11.3. The number of rotatable bonds is 6. The van der Waals surface area contributed by atoms with Crippen LogP contribution in [-0.2, 0) is 16.5 Å². The van der Waals surface area contributed by atoms with Crippen LogP contribution in [0.3, 0.4) is 0 Å². The molecule has 0 spiro atoms. The van der Waals surface area contributed by atoms with Gasteiger partial charge in [0.15, 0.2) is 0 Å². The highest BCUT2D eigenvalue weighted by Crippen LogP contribution is 2.28. The Hall–Kier alpha value is -0.490. The summed E-state index contributed by atoms with van der Waals surface area (Å²) in [5.74, 6) is 0.00418. The van der Waals surface area contributed by atoms with Crippen LogP contribution in [0.1, 0.15) is 11.1 Å². The molecule has 1 aromatic carbocycles. The fraction of sp³-hybridized carbons (Fsp3) is 0.364. The summed E-state index contributed by atoms with van der Waals surface area (Å²) in [7, 11) is 0. The molecule has 6 heteroatoms. The molecule has 0 aliphatic carbocycles. The average Bonchev–Trinajstić information content (AvgIpc) is 2.30. The molecule has 2 nitrogen and oxygen atoms in total. The number of hydrogen-bond acceptors (Lipinski definition) is 2. The highest BCUT2D eigenvalue weighted by molar-refractivity contribution is 9.09. The summed E-state index contributed by atoms with van der Waals surface area (Å²) in [5, 5.41) is 0.588. The molecule has 0 radical (unpaired) electrons. The van der Waals surface area contributed by atoms with E-state index >= 15 is 0 Å². The van der Waals surface area contributed by atoms with E-state index in [1.165, 1.54) is 0 Å². The molecule has 0 saturated heterocycles. The average molecular weight is 372 g/mol. The molecule has 0 bridgehead atoms. The van der Waals surface area contributed by atoms with Crippen molar-refractivity contribution in [1.82, 2.24) is 0 Å². The van der Waals surface area contributed by atoms with E-state index < -0.39 is 6.61 Å². The number of benzene rings is 1. The molecule has 94 valence electrons. The van der Waals surface area contributed by atoms with E-state index in [0.717, 1.165) is 0 Å². The van der Waals surface area contributed by atoms with Crippen LogP contribution in [0.15, 0.2) is 18.2 Å². The second kappa shape index (κ2) is 7.06. The van der Waals surface area contributed by atoms with Crippen molar-refractivity contribution in [3.05, 3.63) is 29.3 Å². The molecule has 0 amide bonds. The van der Waals surface area contributed by atoms with Crippen LogP contribution in [0.5, 0.6) is 5.75 Å². The lowest BCUT2D eigenvalue weighted by Gasteiger charge is -2.13. The van der Waals surface area contributed by atoms with Crippen molar-refractivity contribution in [2.75, 3.05) is 5.33 Å². The van der Waals surface area contributed by atoms with Gasteiger partial charge in [0.05, 0.1) is 5.33 Å². The highest BCUT2D eigenvalue weighted by atomic mass is 79.9. The summed E-state index contributed by atoms with van der Waals surface area (Å²) in [5.41, 5.74) is 1.08. The van der Waals surface area contributed by atoms with Gasteiger partial charge >= 0.3 is 6.61 Å². The number of carbonyl (C=O) groups excluding carboxylic acids is 1. The van der Waals surface area contributed by atoms with Gasteiger partial charge in [0.2, 0.25) is 0 Å². The van der Waals surface area contributed by atoms with E-state index in [1.807, 2.05) is 0 Å². The van der Waals surface area contributed by atoms with Crippen molar-refractivity contribution in [2.24, 2.45) is 0 Å². The monoisotopic (exact) mass is 370 g/mol. The Morgan fingerprint density at radius 1 is 1.29 bits per heavy atom. The second-order valence-electron chi connectivity index (χ2n) is 3.27. The molecule has 0 atom stereocenters. The summed E-state index contributed by atoms with van der Waals surface area (Å²) in [6.07, 6.45) is 0.0775. The zero-order valence-electron chi connectivity index (χ0n) is 8.76. The van der Waals surface area contributed by atoms with Crippen LogP contribution in [-0.4, -0.2) is 17.7 Å². The van der Waals surface area contributed by atoms with Crippen molar-refractivity contribution in [3.8, 4) is 5.75 Å². The molecular weight excluding hydrogens is 362 g/mol. The summed E-state index contributed by atoms with van der Waals surface area (Å²) < 4.78 is 29.1. The number of alkyl halides is 4. The van der Waals surface area contributed by atoms with Gasteiger partial charge < -0.3 is 4.74 Å². The fourth-order valence-electron chi connectivity index (χ4n) is 1.38. The number of ketones is 1. The molecule has 0 N–H and O–H groups in total. The zero-order valence-corrected chi connectivity index (χ0v) is 11.9. The van der Waals surface area contributed by atoms with Crippen LogP contribution >= 0.6 is 31.9 Å². The van der Waals surface area contributed by atoms with Crippen LogP contribution in [0.4, 0.5) is 8.78 Å². The Kier molecular flexibility index (Phi) is 6.05. The van der Waals surface area contributed by atoms with Gasteiger partial charge in [0.1, 0.15) is 11.5 Å². The molecule has 0 unspecified atom stereocenters.